The maximum Gasteiger partial charge on any atom is 0.128 e. The standard InChI is InChI=1S/C13H16FN3O/c1-10-2-3-12(6-13(10)14)15-7-11-8-16-17(9-11)4-5-18/h2-3,6,8-9,15,18H,4-5,7H2,1H3. The van der Waals surface area contributed by atoms with E-state index in [1.54, 1.807) is 23.9 Å². The van der Waals surface area contributed by atoms with Crippen LogP contribution >= 0.6 is 0 Å². The monoisotopic (exact) mass is 249 g/mol. The first-order chi connectivity index (χ1) is 8.69. The lowest BCUT2D eigenvalue weighted by Gasteiger charge is -2.05. The summed E-state index contributed by atoms with van der Waals surface area (Å²) in [5.74, 6) is -0.212. The molecule has 0 saturated heterocycles. The van der Waals surface area contributed by atoms with E-state index in [1.165, 1.54) is 6.07 Å². The number of aromatic nitrogens is 2. The summed E-state index contributed by atoms with van der Waals surface area (Å²) in [5, 5.41) is 16.0. The summed E-state index contributed by atoms with van der Waals surface area (Å²) >= 11 is 0. The van der Waals surface area contributed by atoms with Gasteiger partial charge in [-0.3, -0.25) is 4.68 Å². The first-order valence-electron chi connectivity index (χ1n) is 5.81. The van der Waals surface area contributed by atoms with E-state index < -0.39 is 0 Å². The Kier molecular flexibility index (Phi) is 3.94. The van der Waals surface area contributed by atoms with Crippen molar-refractivity contribution in [1.29, 1.82) is 0 Å². The van der Waals surface area contributed by atoms with Crippen LogP contribution < -0.4 is 5.32 Å². The summed E-state index contributed by atoms with van der Waals surface area (Å²) in [5.41, 5.74) is 2.37. The molecule has 0 amide bonds. The summed E-state index contributed by atoms with van der Waals surface area (Å²) < 4.78 is 15.0. The highest BCUT2D eigenvalue weighted by atomic mass is 19.1. The van der Waals surface area contributed by atoms with Crippen LogP contribution in [0.15, 0.2) is 30.6 Å². The number of halogens is 1. The first-order valence-corrected chi connectivity index (χ1v) is 5.81. The lowest BCUT2D eigenvalue weighted by Crippen LogP contribution is -2.02. The number of hydrogen-bond donors (Lipinski definition) is 2. The third-order valence-electron chi connectivity index (χ3n) is 2.68. The summed E-state index contributed by atoms with van der Waals surface area (Å²) in [6.07, 6.45) is 3.58. The lowest BCUT2D eigenvalue weighted by molar-refractivity contribution is 0.269. The molecule has 96 valence electrons. The molecule has 0 aliphatic rings. The van der Waals surface area contributed by atoms with Crippen molar-refractivity contribution < 1.29 is 9.50 Å². The number of aliphatic hydroxyl groups excluding tert-OH is 1. The van der Waals surface area contributed by atoms with Gasteiger partial charge in [0.2, 0.25) is 0 Å². The molecule has 0 fully saturated rings. The van der Waals surface area contributed by atoms with Crippen molar-refractivity contribution in [3.63, 3.8) is 0 Å². The Balaban J connectivity index is 1.95. The van der Waals surface area contributed by atoms with Crippen LogP contribution in [-0.4, -0.2) is 21.5 Å². The number of anilines is 1. The van der Waals surface area contributed by atoms with Gasteiger partial charge in [-0.15, -0.1) is 0 Å². The van der Waals surface area contributed by atoms with Crippen molar-refractivity contribution in [2.24, 2.45) is 0 Å². The number of rotatable bonds is 5. The zero-order valence-electron chi connectivity index (χ0n) is 10.2. The van der Waals surface area contributed by atoms with E-state index in [0.29, 0.717) is 18.7 Å². The molecule has 0 aliphatic carbocycles. The highest BCUT2D eigenvalue weighted by Gasteiger charge is 2.01. The van der Waals surface area contributed by atoms with Gasteiger partial charge in [-0.1, -0.05) is 6.07 Å². The van der Waals surface area contributed by atoms with Crippen molar-refractivity contribution in [2.45, 2.75) is 20.0 Å². The molecule has 0 spiro atoms. The fourth-order valence-electron chi connectivity index (χ4n) is 1.63. The molecule has 0 radical (unpaired) electrons. The Hall–Kier alpha value is -1.88. The largest absolute Gasteiger partial charge is 0.394 e. The van der Waals surface area contributed by atoms with Crippen molar-refractivity contribution in [1.82, 2.24) is 9.78 Å². The second-order valence-electron chi connectivity index (χ2n) is 4.15. The van der Waals surface area contributed by atoms with Crippen molar-refractivity contribution >= 4 is 5.69 Å². The van der Waals surface area contributed by atoms with Gasteiger partial charge in [-0.05, 0) is 24.6 Å². The minimum absolute atomic E-state index is 0.0672. The third kappa shape index (κ3) is 3.07. The highest BCUT2D eigenvalue weighted by Crippen LogP contribution is 2.14. The van der Waals surface area contributed by atoms with Gasteiger partial charge in [-0.2, -0.15) is 5.10 Å². The average Bonchev–Trinajstić information content (AvgIpc) is 2.79. The maximum absolute atomic E-state index is 13.3. The molecule has 0 aliphatic heterocycles. The minimum atomic E-state index is -0.212. The Labute approximate surface area is 105 Å². The number of aryl methyl sites for hydroxylation is 1. The summed E-state index contributed by atoms with van der Waals surface area (Å²) in [6.45, 7) is 2.86. The van der Waals surface area contributed by atoms with Gasteiger partial charge in [0, 0.05) is 24.0 Å². The van der Waals surface area contributed by atoms with Crippen molar-refractivity contribution in [3.05, 3.63) is 47.5 Å². The van der Waals surface area contributed by atoms with E-state index >= 15 is 0 Å². The SMILES string of the molecule is Cc1ccc(NCc2cnn(CCO)c2)cc1F. The van der Waals surface area contributed by atoms with Crippen LogP contribution in [0, 0.1) is 12.7 Å². The third-order valence-corrected chi connectivity index (χ3v) is 2.68. The van der Waals surface area contributed by atoms with Crippen LogP contribution in [0.1, 0.15) is 11.1 Å². The molecule has 1 aromatic carbocycles. The second kappa shape index (κ2) is 5.64. The van der Waals surface area contributed by atoms with Crippen LogP contribution in [0.4, 0.5) is 10.1 Å². The van der Waals surface area contributed by atoms with E-state index in [9.17, 15) is 4.39 Å². The molecule has 0 unspecified atom stereocenters. The molecule has 2 N–H and O–H groups in total. The minimum Gasteiger partial charge on any atom is -0.394 e. The Morgan fingerprint density at radius 3 is 3.00 bits per heavy atom. The fraction of sp³-hybridized carbons (Fsp3) is 0.308. The number of nitrogens with one attached hydrogen (secondary N) is 1. The molecule has 1 heterocycles. The number of nitrogens with zero attached hydrogens (tertiary/aromatic N) is 2. The summed E-state index contributed by atoms with van der Waals surface area (Å²) in [7, 11) is 0. The number of aliphatic hydroxyl groups is 1. The molecule has 5 heteroatoms. The van der Waals surface area contributed by atoms with E-state index in [0.717, 1.165) is 11.3 Å². The second-order valence-corrected chi connectivity index (χ2v) is 4.15. The van der Waals surface area contributed by atoms with Crippen LogP contribution in [0.3, 0.4) is 0 Å². The topological polar surface area (TPSA) is 50.1 Å². The highest BCUT2D eigenvalue weighted by molar-refractivity contribution is 5.45. The lowest BCUT2D eigenvalue weighted by atomic mass is 10.2. The smallest absolute Gasteiger partial charge is 0.128 e. The van der Waals surface area contributed by atoms with Gasteiger partial charge < -0.3 is 10.4 Å². The molecule has 2 aromatic rings. The summed E-state index contributed by atoms with van der Waals surface area (Å²) in [4.78, 5) is 0. The van der Waals surface area contributed by atoms with E-state index in [4.69, 9.17) is 5.11 Å². The van der Waals surface area contributed by atoms with Crippen LogP contribution in [0.5, 0.6) is 0 Å². The predicted molar refractivity (Wildman–Crippen MR) is 67.8 cm³/mol. The molecule has 0 bridgehead atoms. The quantitative estimate of drug-likeness (QED) is 0.851. The van der Waals surface area contributed by atoms with Gasteiger partial charge in [0.15, 0.2) is 0 Å². The molecular weight excluding hydrogens is 233 g/mol. The fourth-order valence-corrected chi connectivity index (χ4v) is 1.63. The normalized spacial score (nSPS) is 10.6. The predicted octanol–water partition coefficient (Wildman–Crippen LogP) is 1.94. The van der Waals surface area contributed by atoms with Gasteiger partial charge >= 0.3 is 0 Å². The zero-order valence-corrected chi connectivity index (χ0v) is 10.2. The van der Waals surface area contributed by atoms with Crippen LogP contribution in [0.2, 0.25) is 0 Å². The van der Waals surface area contributed by atoms with Gasteiger partial charge in [0.1, 0.15) is 5.82 Å². The maximum atomic E-state index is 13.3. The number of hydrogen-bond acceptors (Lipinski definition) is 3. The zero-order chi connectivity index (χ0) is 13.0. The molecular formula is C13H16FN3O. The molecule has 4 nitrogen and oxygen atoms in total. The molecule has 1 aromatic heterocycles. The molecule has 0 atom stereocenters. The van der Waals surface area contributed by atoms with Gasteiger partial charge in [0.25, 0.3) is 0 Å². The van der Waals surface area contributed by atoms with E-state index in [1.807, 2.05) is 12.3 Å². The number of benzene rings is 1. The van der Waals surface area contributed by atoms with Crippen LogP contribution in [0.25, 0.3) is 0 Å². The first kappa shape index (κ1) is 12.6. The van der Waals surface area contributed by atoms with Gasteiger partial charge in [0.05, 0.1) is 19.3 Å². The van der Waals surface area contributed by atoms with Gasteiger partial charge in [-0.25, -0.2) is 4.39 Å². The Bertz CT molecular complexity index is 525. The van der Waals surface area contributed by atoms with Crippen molar-refractivity contribution in [3.8, 4) is 0 Å². The molecule has 18 heavy (non-hydrogen) atoms. The molecule has 2 rings (SSSR count). The van der Waals surface area contributed by atoms with E-state index in [2.05, 4.69) is 10.4 Å². The van der Waals surface area contributed by atoms with E-state index in [-0.39, 0.29) is 12.4 Å². The van der Waals surface area contributed by atoms with Crippen LogP contribution in [-0.2, 0) is 13.1 Å². The Morgan fingerprint density at radius 1 is 1.44 bits per heavy atom. The molecule has 0 saturated carbocycles. The summed E-state index contributed by atoms with van der Waals surface area (Å²) in [6, 6.07) is 5.07. The Morgan fingerprint density at radius 2 is 2.28 bits per heavy atom. The average molecular weight is 249 g/mol. The van der Waals surface area contributed by atoms with Crippen molar-refractivity contribution in [2.75, 3.05) is 11.9 Å².